The fourth-order valence-electron chi connectivity index (χ4n) is 5.25. The van der Waals surface area contributed by atoms with Gasteiger partial charge in [0.1, 0.15) is 23.6 Å². The van der Waals surface area contributed by atoms with Crippen molar-refractivity contribution in [3.05, 3.63) is 65.2 Å². The molecule has 1 N–H and O–H groups in total. The fourth-order valence-corrected chi connectivity index (χ4v) is 5.25. The summed E-state index contributed by atoms with van der Waals surface area (Å²) >= 11 is 0. The second-order valence-corrected chi connectivity index (χ2v) is 11.8. The summed E-state index contributed by atoms with van der Waals surface area (Å²) in [5.74, 6) is -0.542. The maximum absolute atomic E-state index is 15.4. The summed E-state index contributed by atoms with van der Waals surface area (Å²) < 4.78 is 25.9. The van der Waals surface area contributed by atoms with Gasteiger partial charge in [-0.15, -0.1) is 0 Å². The molecule has 2 unspecified atom stereocenters. The van der Waals surface area contributed by atoms with Crippen molar-refractivity contribution in [3.8, 4) is 5.75 Å². The van der Waals surface area contributed by atoms with Crippen molar-refractivity contribution in [2.75, 3.05) is 19.6 Å². The van der Waals surface area contributed by atoms with Crippen molar-refractivity contribution in [1.82, 2.24) is 15.1 Å². The number of ether oxygens (including phenoxy) is 2. The van der Waals surface area contributed by atoms with Gasteiger partial charge in [0.2, 0.25) is 5.91 Å². The van der Waals surface area contributed by atoms with E-state index in [0.717, 1.165) is 11.1 Å². The van der Waals surface area contributed by atoms with Crippen LogP contribution in [0.5, 0.6) is 5.75 Å². The Morgan fingerprint density at radius 3 is 2.35 bits per heavy atom. The molecule has 2 amide bonds. The number of hydrogen-bond donors (Lipinski definition) is 1. The Labute approximate surface area is 235 Å². The first-order chi connectivity index (χ1) is 18.9. The molecule has 8 nitrogen and oxygen atoms in total. The van der Waals surface area contributed by atoms with E-state index in [4.69, 9.17) is 9.47 Å². The maximum Gasteiger partial charge on any atom is 0.408 e. The molecule has 0 saturated carbocycles. The molecule has 4 atom stereocenters. The standard InChI is InChI=1S/C31H40FN3O5/c1-20-6-8-22(9-7-20)18-35-17-15-27(28(35)36)34-16-14-25(26(32)19-34)23-10-12-24(13-11-23)39-29(37)21(2)33-30(38)40-31(3,4)5/h6-13,21,25-27H,14-19H2,1-5H3,(H,33,38)/t21?,25-,26+,27?/m0/s1. The fraction of sp³-hybridized carbons (Fsp3) is 0.516. The second-order valence-electron chi connectivity index (χ2n) is 11.8. The van der Waals surface area contributed by atoms with E-state index < -0.39 is 29.9 Å². The van der Waals surface area contributed by atoms with Crippen LogP contribution in [0.3, 0.4) is 0 Å². The molecule has 2 saturated heterocycles. The summed E-state index contributed by atoms with van der Waals surface area (Å²) in [7, 11) is 0. The number of nitrogens with one attached hydrogen (secondary N) is 1. The number of amides is 2. The highest BCUT2D eigenvalue weighted by Gasteiger charge is 2.40. The first-order valence-electron chi connectivity index (χ1n) is 13.9. The molecule has 0 spiro atoms. The predicted octanol–water partition coefficient (Wildman–Crippen LogP) is 4.74. The highest BCUT2D eigenvalue weighted by molar-refractivity contribution is 5.84. The number of nitrogens with zero attached hydrogens (tertiary/aromatic N) is 2. The number of alkyl carbamates (subject to hydrolysis) is 1. The van der Waals surface area contributed by atoms with Crippen LogP contribution in [0.25, 0.3) is 0 Å². The van der Waals surface area contributed by atoms with Crippen LogP contribution in [-0.4, -0.2) is 71.3 Å². The van der Waals surface area contributed by atoms with E-state index in [1.807, 2.05) is 41.0 Å². The van der Waals surface area contributed by atoms with Crippen molar-refractivity contribution < 1.29 is 28.2 Å². The predicted molar refractivity (Wildman–Crippen MR) is 150 cm³/mol. The summed E-state index contributed by atoms with van der Waals surface area (Å²) in [6.45, 7) is 10.9. The summed E-state index contributed by atoms with van der Waals surface area (Å²) in [5.41, 5.74) is 2.43. The molecule has 0 aliphatic carbocycles. The number of halogens is 1. The average Bonchev–Trinajstić information content (AvgIpc) is 3.24. The van der Waals surface area contributed by atoms with E-state index in [9.17, 15) is 14.4 Å². The van der Waals surface area contributed by atoms with E-state index in [1.165, 1.54) is 12.5 Å². The van der Waals surface area contributed by atoms with Gasteiger partial charge in [0.15, 0.2) is 0 Å². The SMILES string of the molecule is Cc1ccc(CN2CCC(N3CC[C@@H](c4ccc(OC(=O)C(C)NC(=O)OC(C)(C)C)cc4)[C@H](F)C3)C2=O)cc1. The smallest absolute Gasteiger partial charge is 0.408 e. The molecule has 2 fully saturated rings. The third kappa shape index (κ3) is 7.59. The average molecular weight is 554 g/mol. The van der Waals surface area contributed by atoms with Crippen LogP contribution in [-0.2, 0) is 20.9 Å². The van der Waals surface area contributed by atoms with Gasteiger partial charge in [-0.25, -0.2) is 14.0 Å². The molecule has 2 aliphatic rings. The van der Waals surface area contributed by atoms with Gasteiger partial charge in [-0.2, -0.15) is 0 Å². The molecule has 9 heteroatoms. The zero-order valence-electron chi connectivity index (χ0n) is 24.0. The maximum atomic E-state index is 15.4. The topological polar surface area (TPSA) is 88.2 Å². The summed E-state index contributed by atoms with van der Waals surface area (Å²) in [6, 6.07) is 13.8. The van der Waals surface area contributed by atoms with Crippen molar-refractivity contribution >= 4 is 18.0 Å². The van der Waals surface area contributed by atoms with Gasteiger partial charge >= 0.3 is 12.1 Å². The third-order valence-corrected chi connectivity index (χ3v) is 7.39. The highest BCUT2D eigenvalue weighted by atomic mass is 19.1. The number of likely N-dealkylation sites (tertiary alicyclic amines) is 2. The number of carbonyl (C=O) groups excluding carboxylic acids is 3. The van der Waals surface area contributed by atoms with Crippen molar-refractivity contribution in [2.24, 2.45) is 0 Å². The van der Waals surface area contributed by atoms with Crippen molar-refractivity contribution in [1.29, 1.82) is 0 Å². The summed E-state index contributed by atoms with van der Waals surface area (Å²) in [5, 5.41) is 2.46. The molecule has 0 bridgehead atoms. The van der Waals surface area contributed by atoms with E-state index in [2.05, 4.69) is 5.32 Å². The van der Waals surface area contributed by atoms with E-state index >= 15 is 4.39 Å². The molecular formula is C31H40FN3O5. The highest BCUT2D eigenvalue weighted by Crippen LogP contribution is 2.34. The number of benzene rings is 2. The number of aryl methyl sites for hydroxylation is 1. The number of alkyl halides is 1. The van der Waals surface area contributed by atoms with Crippen LogP contribution in [0.15, 0.2) is 48.5 Å². The molecule has 0 aromatic heterocycles. The first-order valence-corrected chi connectivity index (χ1v) is 13.9. The van der Waals surface area contributed by atoms with Crippen molar-refractivity contribution in [3.63, 3.8) is 0 Å². The first kappa shape index (κ1) is 29.5. The van der Waals surface area contributed by atoms with Crippen LogP contribution < -0.4 is 10.1 Å². The third-order valence-electron chi connectivity index (χ3n) is 7.39. The van der Waals surface area contributed by atoms with Gasteiger partial charge < -0.3 is 19.7 Å². The van der Waals surface area contributed by atoms with E-state index in [0.29, 0.717) is 38.2 Å². The van der Waals surface area contributed by atoms with Crippen LogP contribution in [0.4, 0.5) is 9.18 Å². The number of rotatable bonds is 7. The van der Waals surface area contributed by atoms with Crippen molar-refractivity contribution in [2.45, 2.75) is 83.8 Å². The normalized spacial score (nSPS) is 22.6. The minimum Gasteiger partial charge on any atom is -0.444 e. The number of piperidine rings is 1. The van der Waals surface area contributed by atoms with Crippen LogP contribution in [0.1, 0.15) is 63.1 Å². The zero-order chi connectivity index (χ0) is 29.0. The summed E-state index contributed by atoms with van der Waals surface area (Å²) in [6.07, 6.45) is -0.507. The number of carbonyl (C=O) groups is 3. The van der Waals surface area contributed by atoms with Gasteiger partial charge in [-0.3, -0.25) is 9.69 Å². The van der Waals surface area contributed by atoms with Gasteiger partial charge in [0, 0.05) is 25.6 Å². The lowest BCUT2D eigenvalue weighted by atomic mass is 9.87. The molecule has 216 valence electrons. The molecule has 2 heterocycles. The van der Waals surface area contributed by atoms with Crippen LogP contribution in [0, 0.1) is 6.92 Å². The van der Waals surface area contributed by atoms with Gasteiger partial charge in [-0.05, 0) is 77.3 Å². The zero-order valence-corrected chi connectivity index (χ0v) is 24.0. The van der Waals surface area contributed by atoms with E-state index in [1.54, 1.807) is 45.0 Å². The molecule has 4 rings (SSSR count). The van der Waals surface area contributed by atoms with Crippen LogP contribution in [0.2, 0.25) is 0 Å². The second kappa shape index (κ2) is 12.4. The monoisotopic (exact) mass is 553 g/mol. The lowest BCUT2D eigenvalue weighted by Crippen LogP contribution is -2.49. The minimum absolute atomic E-state index is 0.0766. The largest absolute Gasteiger partial charge is 0.444 e. The Morgan fingerprint density at radius 1 is 1.05 bits per heavy atom. The quantitative estimate of drug-likeness (QED) is 0.394. The Balaban J connectivity index is 1.27. The number of esters is 1. The van der Waals surface area contributed by atoms with E-state index in [-0.39, 0.29) is 24.4 Å². The summed E-state index contributed by atoms with van der Waals surface area (Å²) in [4.78, 5) is 41.3. The van der Waals surface area contributed by atoms with Gasteiger partial charge in [-0.1, -0.05) is 42.0 Å². The Morgan fingerprint density at radius 2 is 1.73 bits per heavy atom. The number of hydrogen-bond acceptors (Lipinski definition) is 6. The Hall–Kier alpha value is -3.46. The Bertz CT molecular complexity index is 1190. The molecule has 2 aromatic rings. The minimum atomic E-state index is -1.11. The lowest BCUT2D eigenvalue weighted by molar-refractivity contribution is -0.136. The molecule has 2 aromatic carbocycles. The van der Waals surface area contributed by atoms with Crippen LogP contribution >= 0.6 is 0 Å². The molecule has 2 aliphatic heterocycles. The molecule has 40 heavy (non-hydrogen) atoms. The van der Waals surface area contributed by atoms with Gasteiger partial charge in [0.25, 0.3) is 0 Å². The molecule has 0 radical (unpaired) electrons. The lowest BCUT2D eigenvalue weighted by Gasteiger charge is -2.37. The molecular weight excluding hydrogens is 513 g/mol. The Kier molecular flexibility index (Phi) is 9.13. The van der Waals surface area contributed by atoms with Gasteiger partial charge in [0.05, 0.1) is 6.04 Å².